The second kappa shape index (κ2) is 8.14. The quantitative estimate of drug-likeness (QED) is 0.534. The van der Waals surface area contributed by atoms with Gasteiger partial charge in [0.25, 0.3) is 11.8 Å². The summed E-state index contributed by atoms with van der Waals surface area (Å²) in [6.07, 6.45) is 4.61. The maximum atomic E-state index is 14.5. The number of amides is 1. The number of hydrogen-bond donors (Lipinski definition) is 1. The van der Waals surface area contributed by atoms with Crippen LogP contribution in [0.2, 0.25) is 0 Å². The molecule has 1 N–H and O–H groups in total. The molecule has 8 nitrogen and oxygen atoms in total. The van der Waals surface area contributed by atoms with Gasteiger partial charge in [0, 0.05) is 17.5 Å². The lowest BCUT2D eigenvalue weighted by Crippen LogP contribution is -2.26. The molecule has 9 heteroatoms. The van der Waals surface area contributed by atoms with E-state index in [9.17, 15) is 14.0 Å². The first-order valence-corrected chi connectivity index (χ1v) is 10.6. The zero-order valence-electron chi connectivity index (χ0n) is 17.4. The molecular formula is C23H21FN4O4. The van der Waals surface area contributed by atoms with Crippen molar-refractivity contribution < 1.29 is 23.2 Å². The lowest BCUT2D eigenvalue weighted by Gasteiger charge is -2.10. The Morgan fingerprint density at radius 3 is 2.66 bits per heavy atom. The molecule has 5 rings (SSSR count). The molecule has 0 aliphatic heterocycles. The van der Waals surface area contributed by atoms with Gasteiger partial charge in [0.15, 0.2) is 11.9 Å². The smallest absolute Gasteiger partial charge is 0.267 e. The van der Waals surface area contributed by atoms with Crippen molar-refractivity contribution in [3.05, 3.63) is 59.5 Å². The molecule has 0 saturated heterocycles. The lowest BCUT2D eigenvalue weighted by atomic mass is 10.1. The molecule has 2 aliphatic carbocycles. The fourth-order valence-corrected chi connectivity index (χ4v) is 3.25. The first kappa shape index (κ1) is 20.3. The van der Waals surface area contributed by atoms with E-state index in [-0.39, 0.29) is 35.0 Å². The minimum absolute atomic E-state index is 0.0165. The first-order valence-electron chi connectivity index (χ1n) is 10.6. The predicted molar refractivity (Wildman–Crippen MR) is 111 cm³/mol. The maximum Gasteiger partial charge on any atom is 0.267 e. The number of ether oxygens (including phenoxy) is 1. The van der Waals surface area contributed by atoms with Crippen LogP contribution in [0.1, 0.15) is 65.4 Å². The summed E-state index contributed by atoms with van der Waals surface area (Å²) >= 11 is 0. The highest BCUT2D eigenvalue weighted by atomic mass is 19.1. The summed E-state index contributed by atoms with van der Waals surface area (Å²) in [4.78, 5) is 32.6. The Balaban J connectivity index is 1.25. The Morgan fingerprint density at radius 2 is 2.00 bits per heavy atom. The van der Waals surface area contributed by atoms with Gasteiger partial charge in [-0.1, -0.05) is 11.2 Å². The van der Waals surface area contributed by atoms with Gasteiger partial charge in [0.2, 0.25) is 5.82 Å². The van der Waals surface area contributed by atoms with E-state index < -0.39 is 17.8 Å². The minimum Gasteiger partial charge on any atom is -0.479 e. The van der Waals surface area contributed by atoms with Crippen LogP contribution >= 0.6 is 0 Å². The van der Waals surface area contributed by atoms with Crippen LogP contribution in [0, 0.1) is 11.7 Å². The number of halogens is 1. The molecule has 2 fully saturated rings. The number of hydrogen-bond acceptors (Lipinski definition) is 7. The molecule has 2 aliphatic rings. The Bertz CT molecular complexity index is 1170. The predicted octanol–water partition coefficient (Wildman–Crippen LogP) is 3.90. The second-order valence-corrected chi connectivity index (χ2v) is 8.18. The van der Waals surface area contributed by atoms with Crippen molar-refractivity contribution in [2.75, 3.05) is 0 Å². The van der Waals surface area contributed by atoms with Crippen LogP contribution in [0.3, 0.4) is 0 Å². The lowest BCUT2D eigenvalue weighted by molar-refractivity contribution is 0.0943. The molecule has 2 saturated carbocycles. The number of carbonyl (C=O) groups is 2. The van der Waals surface area contributed by atoms with Gasteiger partial charge in [-0.2, -0.15) is 4.98 Å². The SMILES string of the molecule is CC(Oc1ccc(C(=O)C2CC2)nc1)c1nc(-c2ccc(C(=O)NC3CC3)c(F)c2)no1. The molecule has 1 amide bonds. The van der Waals surface area contributed by atoms with Crippen LogP contribution in [0.15, 0.2) is 41.1 Å². The molecule has 2 aromatic heterocycles. The summed E-state index contributed by atoms with van der Waals surface area (Å²) in [6.45, 7) is 1.73. The van der Waals surface area contributed by atoms with Crippen molar-refractivity contribution >= 4 is 11.7 Å². The number of benzene rings is 1. The number of nitrogens with zero attached hydrogens (tertiary/aromatic N) is 3. The molecule has 3 aromatic rings. The Morgan fingerprint density at radius 1 is 1.19 bits per heavy atom. The van der Waals surface area contributed by atoms with Gasteiger partial charge in [0.1, 0.15) is 17.3 Å². The molecule has 2 heterocycles. The van der Waals surface area contributed by atoms with Gasteiger partial charge in [-0.25, -0.2) is 9.37 Å². The molecule has 0 bridgehead atoms. The van der Waals surface area contributed by atoms with Crippen molar-refractivity contribution in [3.8, 4) is 17.1 Å². The van der Waals surface area contributed by atoms with E-state index >= 15 is 0 Å². The molecular weight excluding hydrogens is 415 g/mol. The van der Waals surface area contributed by atoms with Crippen LogP contribution in [-0.4, -0.2) is 32.9 Å². The summed E-state index contributed by atoms with van der Waals surface area (Å²) in [7, 11) is 0. The highest BCUT2D eigenvalue weighted by molar-refractivity contribution is 5.97. The maximum absolute atomic E-state index is 14.5. The zero-order chi connectivity index (χ0) is 22.2. The van der Waals surface area contributed by atoms with Gasteiger partial charge in [-0.3, -0.25) is 9.59 Å². The third-order valence-electron chi connectivity index (χ3n) is 5.42. The molecule has 164 valence electrons. The van der Waals surface area contributed by atoms with Gasteiger partial charge < -0.3 is 14.6 Å². The topological polar surface area (TPSA) is 107 Å². The minimum atomic E-state index is -0.650. The van der Waals surface area contributed by atoms with E-state index in [4.69, 9.17) is 9.26 Å². The number of aromatic nitrogens is 3. The van der Waals surface area contributed by atoms with Crippen molar-refractivity contribution in [2.24, 2.45) is 5.92 Å². The van der Waals surface area contributed by atoms with Gasteiger partial charge >= 0.3 is 0 Å². The summed E-state index contributed by atoms with van der Waals surface area (Å²) < 4.78 is 25.5. The summed E-state index contributed by atoms with van der Waals surface area (Å²) in [5.41, 5.74) is 0.804. The standard InChI is InChI=1S/C23H21FN4O4/c1-12(31-16-7-9-19(25-11-16)20(29)13-2-3-13)23-27-21(28-32-23)14-4-8-17(18(24)10-14)22(30)26-15-5-6-15/h4,7-13,15H,2-3,5-6H2,1H3,(H,26,30). The fraction of sp³-hybridized carbons (Fsp3) is 0.348. The van der Waals surface area contributed by atoms with E-state index in [1.54, 1.807) is 25.1 Å². The average Bonchev–Trinajstić information content (AvgIpc) is 3.72. The van der Waals surface area contributed by atoms with Crippen LogP contribution < -0.4 is 10.1 Å². The van der Waals surface area contributed by atoms with E-state index in [1.807, 2.05) is 0 Å². The summed E-state index contributed by atoms with van der Waals surface area (Å²) in [6, 6.07) is 7.66. The van der Waals surface area contributed by atoms with E-state index in [0.29, 0.717) is 17.0 Å². The fourth-order valence-electron chi connectivity index (χ4n) is 3.25. The summed E-state index contributed by atoms with van der Waals surface area (Å²) in [5.74, 6) is -0.0530. The van der Waals surface area contributed by atoms with Crippen molar-refractivity contribution in [2.45, 2.75) is 44.8 Å². The van der Waals surface area contributed by atoms with Crippen molar-refractivity contribution in [1.29, 1.82) is 0 Å². The van der Waals surface area contributed by atoms with Gasteiger partial charge in [-0.05, 0) is 56.9 Å². The summed E-state index contributed by atoms with van der Waals surface area (Å²) in [5, 5.41) is 6.65. The Kier molecular flexibility index (Phi) is 5.16. The Labute approximate surface area is 183 Å². The van der Waals surface area contributed by atoms with Crippen molar-refractivity contribution in [3.63, 3.8) is 0 Å². The second-order valence-electron chi connectivity index (χ2n) is 8.18. The molecule has 1 unspecified atom stereocenters. The number of nitrogens with one attached hydrogen (secondary N) is 1. The zero-order valence-corrected chi connectivity index (χ0v) is 17.4. The third kappa shape index (κ3) is 4.37. The first-order chi connectivity index (χ1) is 15.5. The number of pyridine rings is 1. The highest BCUT2D eigenvalue weighted by Gasteiger charge is 2.31. The number of carbonyl (C=O) groups excluding carboxylic acids is 2. The number of rotatable bonds is 8. The normalized spacial score (nSPS) is 16.4. The van der Waals surface area contributed by atoms with Crippen LogP contribution in [0.25, 0.3) is 11.4 Å². The van der Waals surface area contributed by atoms with Crippen LogP contribution in [-0.2, 0) is 0 Å². The largest absolute Gasteiger partial charge is 0.479 e. The van der Waals surface area contributed by atoms with Crippen molar-refractivity contribution in [1.82, 2.24) is 20.4 Å². The van der Waals surface area contributed by atoms with Gasteiger partial charge in [-0.15, -0.1) is 0 Å². The van der Waals surface area contributed by atoms with E-state index in [1.165, 1.54) is 18.3 Å². The average molecular weight is 436 g/mol. The van der Waals surface area contributed by atoms with Gasteiger partial charge in [0.05, 0.1) is 11.8 Å². The molecule has 1 aromatic carbocycles. The number of Topliss-reactive ketones (excluding diaryl/α,β-unsaturated/α-hetero) is 1. The third-order valence-corrected chi connectivity index (χ3v) is 5.42. The van der Waals surface area contributed by atoms with Crippen LogP contribution in [0.5, 0.6) is 5.75 Å². The Hall–Kier alpha value is -3.62. The van der Waals surface area contributed by atoms with E-state index in [2.05, 4.69) is 20.4 Å². The molecule has 1 atom stereocenters. The highest BCUT2D eigenvalue weighted by Crippen LogP contribution is 2.32. The molecule has 32 heavy (non-hydrogen) atoms. The monoisotopic (exact) mass is 436 g/mol. The molecule has 0 spiro atoms. The molecule has 0 radical (unpaired) electrons. The van der Waals surface area contributed by atoms with Crippen LogP contribution in [0.4, 0.5) is 4.39 Å². The van der Waals surface area contributed by atoms with E-state index in [0.717, 1.165) is 25.7 Å². The number of ketones is 1.